The van der Waals surface area contributed by atoms with E-state index in [0.29, 0.717) is 0 Å². The van der Waals surface area contributed by atoms with Crippen LogP contribution in [0.2, 0.25) is 0 Å². The Hall–Kier alpha value is -0.570. The molecule has 0 aliphatic heterocycles. The normalized spacial score (nSPS) is 31.1. The van der Waals surface area contributed by atoms with Gasteiger partial charge < -0.3 is 10.4 Å². The molecular formula is C14H25NO2. The van der Waals surface area contributed by atoms with E-state index in [1.165, 1.54) is 6.42 Å². The molecule has 2 saturated carbocycles. The predicted octanol–water partition coefficient (Wildman–Crippen LogP) is 1.95. The maximum atomic E-state index is 12.0. The first kappa shape index (κ1) is 12.9. The number of nitrogens with one attached hydrogen (secondary N) is 1. The number of fused-ring (bicyclic) bond motifs is 1. The topological polar surface area (TPSA) is 49.3 Å². The first-order valence-corrected chi connectivity index (χ1v) is 6.90. The van der Waals surface area contributed by atoms with Crippen LogP contribution in [0.4, 0.5) is 0 Å². The molecule has 2 unspecified atom stereocenters. The zero-order chi connectivity index (χ0) is 12.5. The van der Waals surface area contributed by atoms with Gasteiger partial charge in [-0.2, -0.15) is 0 Å². The maximum absolute atomic E-state index is 12.0. The van der Waals surface area contributed by atoms with E-state index in [1.54, 1.807) is 0 Å². The Morgan fingerprint density at radius 3 is 2.53 bits per heavy atom. The lowest BCUT2D eigenvalue weighted by Gasteiger charge is -2.25. The Morgan fingerprint density at radius 2 is 1.94 bits per heavy atom. The van der Waals surface area contributed by atoms with Gasteiger partial charge in [-0.15, -0.1) is 0 Å². The highest BCUT2D eigenvalue weighted by molar-refractivity contribution is 5.79. The van der Waals surface area contributed by atoms with E-state index in [0.717, 1.165) is 44.1 Å². The molecule has 2 rings (SSSR count). The van der Waals surface area contributed by atoms with E-state index in [-0.39, 0.29) is 23.8 Å². The van der Waals surface area contributed by atoms with E-state index in [2.05, 4.69) is 19.2 Å². The molecule has 2 aliphatic carbocycles. The van der Waals surface area contributed by atoms with Crippen molar-refractivity contribution in [3.63, 3.8) is 0 Å². The third-order valence-electron chi connectivity index (χ3n) is 4.37. The Bertz CT molecular complexity index is 278. The van der Waals surface area contributed by atoms with Gasteiger partial charge in [0.15, 0.2) is 0 Å². The second-order valence-corrected chi connectivity index (χ2v) is 6.63. The Balaban J connectivity index is 1.68. The summed E-state index contributed by atoms with van der Waals surface area (Å²) in [5.41, 5.74) is 0.0971. The highest BCUT2D eigenvalue weighted by atomic mass is 16.2. The van der Waals surface area contributed by atoms with Crippen LogP contribution >= 0.6 is 0 Å². The second-order valence-electron chi connectivity index (χ2n) is 6.63. The van der Waals surface area contributed by atoms with Crippen molar-refractivity contribution < 1.29 is 9.90 Å². The van der Waals surface area contributed by atoms with E-state index in [4.69, 9.17) is 5.11 Å². The van der Waals surface area contributed by atoms with Gasteiger partial charge in [-0.1, -0.05) is 13.8 Å². The summed E-state index contributed by atoms with van der Waals surface area (Å²) in [6.45, 7) is 5.27. The lowest BCUT2D eigenvalue weighted by Crippen LogP contribution is -2.37. The number of aliphatic hydroxyl groups excluding tert-OH is 1. The number of aliphatic hydroxyl groups is 1. The molecule has 0 spiro atoms. The molecule has 3 nitrogen and oxygen atoms in total. The maximum Gasteiger partial charge on any atom is 0.223 e. The summed E-state index contributed by atoms with van der Waals surface area (Å²) in [7, 11) is 0. The largest absolute Gasteiger partial charge is 0.396 e. The number of hydrogen-bond donors (Lipinski definition) is 2. The zero-order valence-electron chi connectivity index (χ0n) is 11.0. The molecule has 2 aliphatic rings. The molecule has 0 heterocycles. The number of amides is 1. The molecule has 0 bridgehead atoms. The van der Waals surface area contributed by atoms with E-state index >= 15 is 0 Å². The predicted molar refractivity (Wildman–Crippen MR) is 67.4 cm³/mol. The van der Waals surface area contributed by atoms with E-state index in [1.807, 2.05) is 0 Å². The van der Waals surface area contributed by atoms with Crippen LogP contribution in [-0.2, 0) is 4.79 Å². The molecule has 2 fully saturated rings. The van der Waals surface area contributed by atoms with Gasteiger partial charge in [0.2, 0.25) is 5.91 Å². The molecule has 0 aromatic heterocycles. The molecule has 3 heteroatoms. The van der Waals surface area contributed by atoms with Gasteiger partial charge in [0.1, 0.15) is 0 Å². The minimum atomic E-state index is 0.0971. The Kier molecular flexibility index (Phi) is 3.76. The Labute approximate surface area is 104 Å². The summed E-state index contributed by atoms with van der Waals surface area (Å²) in [5.74, 6) is 2.28. The molecule has 2 N–H and O–H groups in total. The van der Waals surface area contributed by atoms with Crippen LogP contribution < -0.4 is 5.32 Å². The van der Waals surface area contributed by atoms with Crippen LogP contribution in [0.3, 0.4) is 0 Å². The average Bonchev–Trinajstić information content (AvgIpc) is 2.91. The summed E-state index contributed by atoms with van der Waals surface area (Å²) in [5, 5.41) is 11.9. The molecule has 17 heavy (non-hydrogen) atoms. The van der Waals surface area contributed by atoms with Gasteiger partial charge in [0, 0.05) is 19.1 Å². The van der Waals surface area contributed by atoms with Crippen LogP contribution in [0, 0.1) is 23.2 Å². The lowest BCUT2D eigenvalue weighted by molar-refractivity contribution is -0.125. The number of carbonyl (C=O) groups is 1. The lowest BCUT2D eigenvalue weighted by atomic mass is 9.87. The van der Waals surface area contributed by atoms with Crippen molar-refractivity contribution in [2.45, 2.75) is 46.0 Å². The quantitative estimate of drug-likeness (QED) is 0.744. The SMILES string of the molecule is CC(C)(CCCO)CNC(=O)C1CC2CC2C1. The van der Waals surface area contributed by atoms with Gasteiger partial charge in [-0.3, -0.25) is 4.79 Å². The molecule has 1 amide bonds. The summed E-state index contributed by atoms with van der Waals surface area (Å²) in [4.78, 5) is 12.0. The molecule has 2 atom stereocenters. The van der Waals surface area contributed by atoms with E-state index < -0.39 is 0 Å². The van der Waals surface area contributed by atoms with Crippen molar-refractivity contribution in [3.05, 3.63) is 0 Å². The van der Waals surface area contributed by atoms with Crippen LogP contribution in [-0.4, -0.2) is 24.2 Å². The molecule has 0 aromatic carbocycles. The monoisotopic (exact) mass is 239 g/mol. The Morgan fingerprint density at radius 1 is 1.29 bits per heavy atom. The highest BCUT2D eigenvalue weighted by Gasteiger charge is 2.47. The number of hydrogen-bond acceptors (Lipinski definition) is 2. The summed E-state index contributed by atoms with van der Waals surface area (Å²) < 4.78 is 0. The summed E-state index contributed by atoms with van der Waals surface area (Å²) in [6, 6.07) is 0. The fourth-order valence-electron chi connectivity index (χ4n) is 3.05. The first-order chi connectivity index (χ1) is 8.02. The van der Waals surface area contributed by atoms with Crippen LogP contribution in [0.5, 0.6) is 0 Å². The highest BCUT2D eigenvalue weighted by Crippen LogP contribution is 2.54. The number of rotatable bonds is 6. The first-order valence-electron chi connectivity index (χ1n) is 6.90. The third kappa shape index (κ3) is 3.44. The van der Waals surface area contributed by atoms with Gasteiger partial charge in [-0.25, -0.2) is 0 Å². The standard InChI is InChI=1S/C14H25NO2/c1-14(2,4-3-5-16)9-15-13(17)12-7-10-6-11(10)8-12/h10-12,16H,3-9H2,1-2H3,(H,15,17). The van der Waals surface area contributed by atoms with Crippen LogP contribution in [0.1, 0.15) is 46.0 Å². The fourth-order valence-corrected chi connectivity index (χ4v) is 3.05. The van der Waals surface area contributed by atoms with Gasteiger partial charge >= 0.3 is 0 Å². The fraction of sp³-hybridized carbons (Fsp3) is 0.929. The van der Waals surface area contributed by atoms with Gasteiger partial charge in [0.25, 0.3) is 0 Å². The third-order valence-corrected chi connectivity index (χ3v) is 4.37. The van der Waals surface area contributed by atoms with E-state index in [9.17, 15) is 4.79 Å². The summed E-state index contributed by atoms with van der Waals surface area (Å²) in [6.07, 6.45) is 5.38. The van der Waals surface area contributed by atoms with Crippen molar-refractivity contribution in [3.8, 4) is 0 Å². The van der Waals surface area contributed by atoms with Crippen LogP contribution in [0.15, 0.2) is 0 Å². The average molecular weight is 239 g/mol. The molecule has 98 valence electrons. The molecule has 0 radical (unpaired) electrons. The zero-order valence-corrected chi connectivity index (χ0v) is 11.0. The molecule has 0 saturated heterocycles. The van der Waals surface area contributed by atoms with Crippen molar-refractivity contribution in [1.82, 2.24) is 5.32 Å². The molecular weight excluding hydrogens is 214 g/mol. The molecule has 0 aromatic rings. The minimum absolute atomic E-state index is 0.0971. The van der Waals surface area contributed by atoms with Crippen molar-refractivity contribution in [2.24, 2.45) is 23.2 Å². The van der Waals surface area contributed by atoms with Crippen molar-refractivity contribution in [1.29, 1.82) is 0 Å². The van der Waals surface area contributed by atoms with Gasteiger partial charge in [-0.05, 0) is 49.4 Å². The number of carbonyl (C=O) groups excluding carboxylic acids is 1. The smallest absolute Gasteiger partial charge is 0.223 e. The van der Waals surface area contributed by atoms with Crippen molar-refractivity contribution in [2.75, 3.05) is 13.2 Å². The van der Waals surface area contributed by atoms with Crippen LogP contribution in [0.25, 0.3) is 0 Å². The minimum Gasteiger partial charge on any atom is -0.396 e. The summed E-state index contributed by atoms with van der Waals surface area (Å²) >= 11 is 0. The van der Waals surface area contributed by atoms with Crippen molar-refractivity contribution >= 4 is 5.91 Å². The second kappa shape index (κ2) is 4.97. The van der Waals surface area contributed by atoms with Gasteiger partial charge in [0.05, 0.1) is 0 Å².